The Balaban J connectivity index is 1.88. The predicted molar refractivity (Wildman–Crippen MR) is 133 cm³/mol. The van der Waals surface area contributed by atoms with Crippen molar-refractivity contribution in [3.63, 3.8) is 0 Å². The molecule has 164 valence electrons. The quantitative estimate of drug-likeness (QED) is 0.356. The van der Waals surface area contributed by atoms with Gasteiger partial charge in [-0.1, -0.05) is 101 Å². The lowest BCUT2D eigenvalue weighted by atomic mass is 9.81. The average Bonchev–Trinajstić information content (AvgIpc) is 2.76. The first kappa shape index (κ1) is 23.1. The van der Waals surface area contributed by atoms with Crippen LogP contribution in [0.5, 0.6) is 5.75 Å². The normalized spacial score (nSPS) is 13.2. The van der Waals surface area contributed by atoms with Crippen molar-refractivity contribution in [3.05, 3.63) is 100 Å². The molecule has 0 aliphatic rings. The summed E-state index contributed by atoms with van der Waals surface area (Å²) in [6.07, 6.45) is 6.52. The van der Waals surface area contributed by atoms with Gasteiger partial charge in [-0.05, 0) is 71.4 Å². The number of hydrogen-bond acceptors (Lipinski definition) is 1. The van der Waals surface area contributed by atoms with Crippen LogP contribution < -0.4 is 0 Å². The zero-order chi connectivity index (χ0) is 22.2. The number of hydrogen-bond donors (Lipinski definition) is 1. The highest BCUT2D eigenvalue weighted by Gasteiger charge is 2.21. The van der Waals surface area contributed by atoms with E-state index in [1.807, 2.05) is 12.1 Å². The third-order valence-corrected chi connectivity index (χ3v) is 6.47. The molecule has 0 aliphatic carbocycles. The maximum atomic E-state index is 10.9. The van der Waals surface area contributed by atoms with Gasteiger partial charge in [-0.25, -0.2) is 0 Å². The van der Waals surface area contributed by atoms with Gasteiger partial charge in [0.05, 0.1) is 0 Å². The van der Waals surface area contributed by atoms with Crippen LogP contribution >= 0.6 is 0 Å². The Kier molecular flexibility index (Phi) is 8.35. The van der Waals surface area contributed by atoms with Crippen LogP contribution in [-0.4, -0.2) is 5.11 Å². The summed E-state index contributed by atoms with van der Waals surface area (Å²) in [5.41, 5.74) is 8.15. The molecule has 0 radical (unpaired) electrons. The third kappa shape index (κ3) is 5.79. The van der Waals surface area contributed by atoms with Crippen molar-refractivity contribution in [2.24, 2.45) is 0 Å². The van der Waals surface area contributed by atoms with Gasteiger partial charge in [0.1, 0.15) is 5.75 Å². The minimum absolute atomic E-state index is 0.266. The molecule has 0 aromatic heterocycles. The molecule has 1 heteroatoms. The first-order valence-corrected chi connectivity index (χ1v) is 12.0. The largest absolute Gasteiger partial charge is 0.508 e. The molecule has 0 spiro atoms. The molecule has 1 N–H and O–H groups in total. The number of phenols is 1. The van der Waals surface area contributed by atoms with Gasteiger partial charge in [0.15, 0.2) is 0 Å². The SMILES string of the molecule is CCCc1ccccc1CC(C)c1cccc(O)c1C(C)Cc1ccccc1CCC. The van der Waals surface area contributed by atoms with Crippen LogP contribution in [0.15, 0.2) is 66.7 Å². The maximum Gasteiger partial charge on any atom is 0.119 e. The van der Waals surface area contributed by atoms with Crippen LogP contribution in [-0.2, 0) is 25.7 Å². The molecular weight excluding hydrogens is 376 g/mol. The van der Waals surface area contributed by atoms with Crippen molar-refractivity contribution < 1.29 is 5.11 Å². The van der Waals surface area contributed by atoms with Gasteiger partial charge >= 0.3 is 0 Å². The Hall–Kier alpha value is -2.54. The van der Waals surface area contributed by atoms with Gasteiger partial charge in [0.2, 0.25) is 0 Å². The van der Waals surface area contributed by atoms with Crippen molar-refractivity contribution >= 4 is 0 Å². The fourth-order valence-electron chi connectivity index (χ4n) is 4.95. The summed E-state index contributed by atoms with van der Waals surface area (Å²) in [5.74, 6) is 1.06. The lowest BCUT2D eigenvalue weighted by Gasteiger charge is -2.24. The van der Waals surface area contributed by atoms with E-state index < -0.39 is 0 Å². The summed E-state index contributed by atoms with van der Waals surface area (Å²) >= 11 is 0. The summed E-state index contributed by atoms with van der Waals surface area (Å²) < 4.78 is 0. The topological polar surface area (TPSA) is 20.2 Å². The Morgan fingerprint density at radius 2 is 1.10 bits per heavy atom. The van der Waals surface area contributed by atoms with Crippen LogP contribution in [0.2, 0.25) is 0 Å². The standard InChI is InChI=1S/C30H38O/c1-5-12-24-14-7-9-16-26(24)20-22(3)28-18-11-19-29(31)30(28)23(4)21-27-17-10-8-15-25(27)13-6-2/h7-11,14-19,22-23,31H,5-6,12-13,20-21H2,1-4H3. The lowest BCUT2D eigenvalue weighted by Crippen LogP contribution is -2.09. The molecule has 0 saturated heterocycles. The summed E-state index contributed by atoms with van der Waals surface area (Å²) in [4.78, 5) is 0. The zero-order valence-corrected chi connectivity index (χ0v) is 19.7. The van der Waals surface area contributed by atoms with E-state index in [9.17, 15) is 5.11 Å². The number of rotatable bonds is 10. The second kappa shape index (κ2) is 11.2. The Morgan fingerprint density at radius 3 is 1.61 bits per heavy atom. The predicted octanol–water partition coefficient (Wildman–Crippen LogP) is 7.99. The second-order valence-electron chi connectivity index (χ2n) is 9.03. The minimum atomic E-state index is 0.266. The summed E-state index contributed by atoms with van der Waals surface area (Å²) in [6.45, 7) is 9.04. The molecule has 0 heterocycles. The highest BCUT2D eigenvalue weighted by atomic mass is 16.3. The Bertz CT molecular complexity index is 972. The number of phenolic OH excluding ortho intramolecular Hbond substituents is 1. The van der Waals surface area contributed by atoms with Crippen molar-refractivity contribution in [1.82, 2.24) is 0 Å². The zero-order valence-electron chi connectivity index (χ0n) is 19.7. The van der Waals surface area contributed by atoms with Gasteiger partial charge in [-0.3, -0.25) is 0 Å². The summed E-state index contributed by atoms with van der Waals surface area (Å²) in [6, 6.07) is 23.7. The van der Waals surface area contributed by atoms with E-state index >= 15 is 0 Å². The molecule has 31 heavy (non-hydrogen) atoms. The van der Waals surface area contributed by atoms with E-state index in [0.717, 1.165) is 44.1 Å². The van der Waals surface area contributed by atoms with Crippen LogP contribution in [0.1, 0.15) is 85.8 Å². The van der Waals surface area contributed by atoms with Gasteiger partial charge in [0, 0.05) is 5.56 Å². The molecule has 2 atom stereocenters. The molecule has 0 bridgehead atoms. The van der Waals surface area contributed by atoms with Crippen LogP contribution in [0, 0.1) is 0 Å². The molecule has 1 nitrogen and oxygen atoms in total. The van der Waals surface area contributed by atoms with E-state index in [1.54, 1.807) is 0 Å². The average molecular weight is 415 g/mol. The molecule has 2 unspecified atom stereocenters. The Morgan fingerprint density at radius 1 is 0.613 bits per heavy atom. The molecule has 0 saturated carbocycles. The second-order valence-corrected chi connectivity index (χ2v) is 9.03. The lowest BCUT2D eigenvalue weighted by molar-refractivity contribution is 0.459. The van der Waals surface area contributed by atoms with E-state index in [4.69, 9.17) is 0 Å². The fourth-order valence-corrected chi connectivity index (χ4v) is 4.95. The molecule has 3 aromatic rings. The molecule has 3 rings (SSSR count). The van der Waals surface area contributed by atoms with Crippen LogP contribution in [0.25, 0.3) is 0 Å². The van der Waals surface area contributed by atoms with E-state index in [1.165, 1.54) is 27.8 Å². The third-order valence-electron chi connectivity index (χ3n) is 6.47. The van der Waals surface area contributed by atoms with E-state index in [0.29, 0.717) is 11.7 Å². The van der Waals surface area contributed by atoms with Crippen molar-refractivity contribution in [3.8, 4) is 5.75 Å². The molecule has 0 aliphatic heterocycles. The maximum absolute atomic E-state index is 10.9. The van der Waals surface area contributed by atoms with Crippen molar-refractivity contribution in [1.29, 1.82) is 0 Å². The molecule has 0 amide bonds. The van der Waals surface area contributed by atoms with Gasteiger partial charge in [-0.2, -0.15) is 0 Å². The smallest absolute Gasteiger partial charge is 0.119 e. The van der Waals surface area contributed by atoms with Gasteiger partial charge in [-0.15, -0.1) is 0 Å². The van der Waals surface area contributed by atoms with Crippen molar-refractivity contribution in [2.75, 3.05) is 0 Å². The van der Waals surface area contributed by atoms with Crippen LogP contribution in [0.3, 0.4) is 0 Å². The minimum Gasteiger partial charge on any atom is -0.508 e. The molecule has 0 fully saturated rings. The number of benzene rings is 3. The Labute approximate surface area is 189 Å². The number of aryl methyl sites for hydroxylation is 2. The monoisotopic (exact) mass is 414 g/mol. The van der Waals surface area contributed by atoms with Crippen molar-refractivity contribution in [2.45, 2.75) is 78.1 Å². The number of aromatic hydroxyl groups is 1. The fraction of sp³-hybridized carbons (Fsp3) is 0.400. The summed E-state index contributed by atoms with van der Waals surface area (Å²) in [7, 11) is 0. The first-order chi connectivity index (χ1) is 15.0. The van der Waals surface area contributed by atoms with E-state index in [2.05, 4.69) is 82.3 Å². The van der Waals surface area contributed by atoms with Crippen LogP contribution in [0.4, 0.5) is 0 Å². The van der Waals surface area contributed by atoms with E-state index in [-0.39, 0.29) is 5.92 Å². The highest BCUT2D eigenvalue weighted by molar-refractivity contribution is 5.45. The van der Waals surface area contributed by atoms with Gasteiger partial charge in [0.25, 0.3) is 0 Å². The summed E-state index contributed by atoms with van der Waals surface area (Å²) in [5, 5.41) is 10.9. The molecule has 3 aromatic carbocycles. The van der Waals surface area contributed by atoms with Gasteiger partial charge < -0.3 is 5.11 Å². The highest BCUT2D eigenvalue weighted by Crippen LogP contribution is 2.37. The first-order valence-electron chi connectivity index (χ1n) is 12.0. The molecular formula is C30H38O.